The molecule has 1 N–H and O–H groups in total. The van der Waals surface area contributed by atoms with E-state index in [2.05, 4.69) is 16.7 Å². The molecular formula is C17H25FN2O. The predicted molar refractivity (Wildman–Crippen MR) is 83.1 cm³/mol. The van der Waals surface area contributed by atoms with Crippen LogP contribution in [-0.2, 0) is 0 Å². The Bertz CT molecular complexity index is 506. The van der Waals surface area contributed by atoms with Crippen molar-refractivity contribution in [2.24, 2.45) is 0 Å². The third kappa shape index (κ3) is 2.92. The van der Waals surface area contributed by atoms with Crippen LogP contribution in [0, 0.1) is 5.82 Å². The molecule has 2 fully saturated rings. The topological polar surface area (TPSA) is 26.7 Å². The minimum atomic E-state index is -0.624. The molecule has 3 rings (SSSR count). The molecule has 3 atom stereocenters. The zero-order chi connectivity index (χ0) is 15.0. The highest BCUT2D eigenvalue weighted by molar-refractivity contribution is 5.51. The molecule has 21 heavy (non-hydrogen) atoms. The van der Waals surface area contributed by atoms with Gasteiger partial charge >= 0.3 is 0 Å². The number of fused-ring (bicyclic) bond motifs is 1. The monoisotopic (exact) mass is 292 g/mol. The summed E-state index contributed by atoms with van der Waals surface area (Å²) in [6.45, 7) is 6.95. The number of piperidine rings is 1. The van der Waals surface area contributed by atoms with Crippen molar-refractivity contribution in [2.75, 3.05) is 24.5 Å². The highest BCUT2D eigenvalue weighted by atomic mass is 19.1. The van der Waals surface area contributed by atoms with Gasteiger partial charge in [-0.3, -0.25) is 4.90 Å². The van der Waals surface area contributed by atoms with E-state index in [0.717, 1.165) is 13.1 Å². The van der Waals surface area contributed by atoms with Crippen LogP contribution in [0.3, 0.4) is 0 Å². The first-order valence-electron chi connectivity index (χ1n) is 8.04. The molecule has 2 heterocycles. The quantitative estimate of drug-likeness (QED) is 0.908. The Morgan fingerprint density at radius 2 is 2.10 bits per heavy atom. The van der Waals surface area contributed by atoms with Crippen LogP contribution >= 0.6 is 0 Å². The van der Waals surface area contributed by atoms with E-state index in [4.69, 9.17) is 0 Å². The van der Waals surface area contributed by atoms with Gasteiger partial charge < -0.3 is 10.0 Å². The average Bonchev–Trinajstić information content (AvgIpc) is 2.46. The molecule has 2 aliphatic heterocycles. The van der Waals surface area contributed by atoms with Crippen molar-refractivity contribution in [3.8, 4) is 0 Å². The minimum Gasteiger partial charge on any atom is -0.389 e. The first-order chi connectivity index (χ1) is 10.1. The molecule has 116 valence electrons. The van der Waals surface area contributed by atoms with E-state index in [0.29, 0.717) is 23.3 Å². The smallest absolute Gasteiger partial charge is 0.146 e. The lowest BCUT2D eigenvalue weighted by atomic mass is 9.96. The fourth-order valence-corrected chi connectivity index (χ4v) is 3.70. The number of aliphatic hydroxyl groups is 1. The van der Waals surface area contributed by atoms with Crippen LogP contribution in [-0.4, -0.2) is 41.7 Å². The molecule has 3 nitrogen and oxygen atoms in total. The fraction of sp³-hybridized carbons (Fsp3) is 0.647. The number of anilines is 1. The van der Waals surface area contributed by atoms with Gasteiger partial charge in [0.15, 0.2) is 0 Å². The second-order valence-corrected chi connectivity index (χ2v) is 6.53. The van der Waals surface area contributed by atoms with Crippen LogP contribution in [0.5, 0.6) is 0 Å². The number of rotatable bonds is 2. The Hall–Kier alpha value is -1.13. The Labute approximate surface area is 126 Å². The Morgan fingerprint density at radius 1 is 1.29 bits per heavy atom. The second kappa shape index (κ2) is 5.93. The molecule has 4 heteroatoms. The van der Waals surface area contributed by atoms with E-state index in [1.165, 1.54) is 31.9 Å². The molecule has 1 aromatic rings. The van der Waals surface area contributed by atoms with Gasteiger partial charge in [-0.2, -0.15) is 0 Å². The van der Waals surface area contributed by atoms with E-state index in [9.17, 15) is 9.50 Å². The molecule has 0 saturated carbocycles. The predicted octanol–water partition coefficient (Wildman–Crippen LogP) is 2.94. The lowest BCUT2D eigenvalue weighted by molar-refractivity contribution is 0.115. The van der Waals surface area contributed by atoms with Gasteiger partial charge in [0.2, 0.25) is 0 Å². The zero-order valence-corrected chi connectivity index (χ0v) is 12.9. The molecular weight excluding hydrogens is 267 g/mol. The molecule has 2 saturated heterocycles. The average molecular weight is 292 g/mol. The fourth-order valence-electron chi connectivity index (χ4n) is 3.70. The summed E-state index contributed by atoms with van der Waals surface area (Å²) in [5.74, 6) is -0.218. The Morgan fingerprint density at radius 3 is 2.81 bits per heavy atom. The van der Waals surface area contributed by atoms with Gasteiger partial charge in [0, 0.05) is 25.2 Å². The van der Waals surface area contributed by atoms with Crippen LogP contribution in [0.15, 0.2) is 18.2 Å². The van der Waals surface area contributed by atoms with Crippen LogP contribution in [0.1, 0.15) is 44.8 Å². The lowest BCUT2D eigenvalue weighted by Crippen LogP contribution is -2.59. The van der Waals surface area contributed by atoms with Crippen LogP contribution in [0.25, 0.3) is 0 Å². The summed E-state index contributed by atoms with van der Waals surface area (Å²) in [5, 5.41) is 9.57. The summed E-state index contributed by atoms with van der Waals surface area (Å²) in [6, 6.07) is 6.02. The summed E-state index contributed by atoms with van der Waals surface area (Å²) in [6.07, 6.45) is 3.17. The van der Waals surface area contributed by atoms with Crippen molar-refractivity contribution in [3.63, 3.8) is 0 Å². The van der Waals surface area contributed by atoms with E-state index < -0.39 is 6.10 Å². The Balaban J connectivity index is 1.82. The summed E-state index contributed by atoms with van der Waals surface area (Å²) in [5.41, 5.74) is 1.32. The van der Waals surface area contributed by atoms with Crippen molar-refractivity contribution < 1.29 is 9.50 Å². The molecule has 0 bridgehead atoms. The van der Waals surface area contributed by atoms with E-state index >= 15 is 0 Å². The molecule has 0 radical (unpaired) electrons. The summed E-state index contributed by atoms with van der Waals surface area (Å²) in [4.78, 5) is 4.76. The molecule has 0 spiro atoms. The minimum absolute atomic E-state index is 0.218. The number of nitrogens with zero attached hydrogens (tertiary/aromatic N) is 2. The van der Waals surface area contributed by atoms with Crippen molar-refractivity contribution in [1.82, 2.24) is 4.90 Å². The number of benzene rings is 1. The summed E-state index contributed by atoms with van der Waals surface area (Å²) < 4.78 is 14.4. The number of hydrogen-bond donors (Lipinski definition) is 1. The van der Waals surface area contributed by atoms with Crippen molar-refractivity contribution >= 4 is 5.69 Å². The standard InChI is InChI=1S/C17H25FN2O/c1-12-10-19-8-4-3-5-15(19)11-20(12)17-7-6-14(13(2)21)9-16(17)18/h6-7,9,12-13,15,21H,3-5,8,10-11H2,1-2H3. The largest absolute Gasteiger partial charge is 0.389 e. The highest BCUT2D eigenvalue weighted by Crippen LogP contribution is 2.30. The van der Waals surface area contributed by atoms with Crippen LogP contribution in [0.4, 0.5) is 10.1 Å². The van der Waals surface area contributed by atoms with Gasteiger partial charge in [-0.05, 0) is 50.9 Å². The van der Waals surface area contributed by atoms with Crippen LogP contribution < -0.4 is 4.90 Å². The van der Waals surface area contributed by atoms with E-state index in [1.54, 1.807) is 6.92 Å². The highest BCUT2D eigenvalue weighted by Gasteiger charge is 2.33. The normalized spacial score (nSPS) is 28.3. The van der Waals surface area contributed by atoms with Crippen molar-refractivity contribution in [1.29, 1.82) is 0 Å². The maximum Gasteiger partial charge on any atom is 0.146 e. The SMILES string of the molecule is CC(O)c1ccc(N2CC3CCCCN3CC2C)c(F)c1. The van der Waals surface area contributed by atoms with E-state index in [-0.39, 0.29) is 5.82 Å². The van der Waals surface area contributed by atoms with Crippen LogP contribution in [0.2, 0.25) is 0 Å². The Kier molecular flexibility index (Phi) is 4.18. The second-order valence-electron chi connectivity index (χ2n) is 6.53. The lowest BCUT2D eigenvalue weighted by Gasteiger charge is -2.48. The van der Waals surface area contributed by atoms with Gasteiger partial charge in [0.25, 0.3) is 0 Å². The zero-order valence-electron chi connectivity index (χ0n) is 12.9. The maximum absolute atomic E-state index is 14.4. The molecule has 0 aromatic heterocycles. The van der Waals surface area contributed by atoms with E-state index in [1.807, 2.05) is 12.1 Å². The molecule has 0 aliphatic carbocycles. The van der Waals surface area contributed by atoms with Gasteiger partial charge in [-0.15, -0.1) is 0 Å². The number of hydrogen-bond acceptors (Lipinski definition) is 3. The molecule has 1 aromatic carbocycles. The summed E-state index contributed by atoms with van der Waals surface area (Å²) in [7, 11) is 0. The van der Waals surface area contributed by atoms with Gasteiger partial charge in [-0.1, -0.05) is 12.5 Å². The van der Waals surface area contributed by atoms with Gasteiger partial charge in [-0.25, -0.2) is 4.39 Å². The molecule has 2 aliphatic rings. The third-order valence-electron chi connectivity index (χ3n) is 4.95. The van der Waals surface area contributed by atoms with Crippen molar-refractivity contribution in [3.05, 3.63) is 29.6 Å². The third-order valence-corrected chi connectivity index (χ3v) is 4.95. The number of piperazine rings is 1. The summed E-state index contributed by atoms with van der Waals surface area (Å²) >= 11 is 0. The number of halogens is 1. The molecule has 3 unspecified atom stereocenters. The van der Waals surface area contributed by atoms with Crippen molar-refractivity contribution in [2.45, 2.75) is 51.3 Å². The molecule has 0 amide bonds. The van der Waals surface area contributed by atoms with Gasteiger partial charge in [0.05, 0.1) is 11.8 Å². The van der Waals surface area contributed by atoms with Gasteiger partial charge in [0.1, 0.15) is 5.82 Å². The maximum atomic E-state index is 14.4. The first kappa shape index (κ1) is 14.8. The number of aliphatic hydroxyl groups excluding tert-OH is 1. The first-order valence-corrected chi connectivity index (χ1v) is 8.04.